The van der Waals surface area contributed by atoms with Crippen molar-refractivity contribution in [2.24, 2.45) is 0 Å². The van der Waals surface area contributed by atoms with Crippen LogP contribution in [0, 0.1) is 12.3 Å². The molecule has 1 fully saturated rings. The smallest absolute Gasteiger partial charge is 0.387 e. The maximum Gasteiger partial charge on any atom is 0.490 e. The first-order valence-electron chi connectivity index (χ1n) is 8.50. The molecule has 8 N–H and O–H groups in total. The number of phosphoric ester groups is 1. The minimum atomic E-state index is -5.81. The Hall–Kier alpha value is -2.03. The Labute approximate surface area is 186 Å². The molecule has 2 unspecified atom stereocenters. The van der Waals surface area contributed by atoms with Crippen LogP contribution in [-0.4, -0.2) is 69.2 Å². The molecule has 0 radical (unpaired) electrons. The van der Waals surface area contributed by atoms with Crippen molar-refractivity contribution in [2.75, 3.05) is 12.3 Å². The molecule has 1 saturated heterocycles. The van der Waals surface area contributed by atoms with Gasteiger partial charge in [-0.2, -0.15) is 13.6 Å². The molecule has 2 aromatic rings. The highest BCUT2D eigenvalue weighted by atomic mass is 31.3. The SMILES string of the molecule is C#C[C@@]1(n2cnc3c(=O)[nH]c(N)nc32)O[C@H](COP(=O)(O)OP(=O)(O)OP(=O)(O)O)[C@@H](O)[C@H]1F. The van der Waals surface area contributed by atoms with Crippen LogP contribution in [0.3, 0.4) is 0 Å². The van der Waals surface area contributed by atoms with Crippen LogP contribution in [0.25, 0.3) is 11.2 Å². The molecule has 34 heavy (non-hydrogen) atoms. The molecule has 0 aromatic carbocycles. The molecule has 3 heterocycles. The van der Waals surface area contributed by atoms with E-state index in [0.717, 1.165) is 10.9 Å². The molecule has 0 spiro atoms. The summed E-state index contributed by atoms with van der Waals surface area (Å²) in [7, 11) is -17.0. The number of nitrogens with one attached hydrogen (secondary N) is 1. The average molecular weight is 549 g/mol. The summed E-state index contributed by atoms with van der Waals surface area (Å²) in [5.41, 5.74) is 1.52. The number of rotatable bonds is 8. The summed E-state index contributed by atoms with van der Waals surface area (Å²) in [4.78, 5) is 57.4. The Morgan fingerprint density at radius 1 is 1.29 bits per heavy atom. The second-order valence-corrected chi connectivity index (χ2v) is 10.9. The van der Waals surface area contributed by atoms with Crippen molar-refractivity contribution in [3.05, 3.63) is 16.7 Å². The Balaban J connectivity index is 1.84. The Kier molecular flexibility index (Phi) is 6.94. The highest BCUT2D eigenvalue weighted by Gasteiger charge is 2.57. The number of imidazole rings is 1. The number of ether oxygens (including phenoxy) is 1. The van der Waals surface area contributed by atoms with Crippen molar-refractivity contribution in [1.29, 1.82) is 0 Å². The topological polar surface area (TPSA) is 279 Å². The summed E-state index contributed by atoms with van der Waals surface area (Å²) in [6.45, 7) is -1.20. The van der Waals surface area contributed by atoms with Gasteiger partial charge in [0.25, 0.3) is 5.56 Å². The van der Waals surface area contributed by atoms with Crippen molar-refractivity contribution >= 4 is 40.6 Å². The van der Waals surface area contributed by atoms with E-state index in [0.29, 0.717) is 0 Å². The number of phosphoric acid groups is 3. The Morgan fingerprint density at radius 3 is 2.53 bits per heavy atom. The van der Waals surface area contributed by atoms with Gasteiger partial charge in [0.15, 0.2) is 17.3 Å². The highest BCUT2D eigenvalue weighted by molar-refractivity contribution is 7.66. The van der Waals surface area contributed by atoms with Crippen LogP contribution in [-0.2, 0) is 37.3 Å². The number of hydrogen-bond acceptors (Lipinski definition) is 12. The number of nitrogens with zero attached hydrogens (tertiary/aromatic N) is 3. The zero-order valence-corrected chi connectivity index (χ0v) is 18.9. The third kappa shape index (κ3) is 5.29. The molecule has 0 saturated carbocycles. The van der Waals surface area contributed by atoms with Crippen molar-refractivity contribution < 1.29 is 60.6 Å². The second-order valence-electron chi connectivity index (χ2n) is 6.51. The largest absolute Gasteiger partial charge is 0.490 e. The lowest BCUT2D eigenvalue weighted by Gasteiger charge is -2.26. The maximum atomic E-state index is 15.1. The van der Waals surface area contributed by atoms with E-state index in [1.807, 2.05) is 5.92 Å². The fraction of sp³-hybridized carbons (Fsp3) is 0.417. The number of alkyl halides is 1. The van der Waals surface area contributed by atoms with E-state index in [1.54, 1.807) is 0 Å². The predicted molar refractivity (Wildman–Crippen MR) is 105 cm³/mol. The van der Waals surface area contributed by atoms with Crippen LogP contribution in [0.4, 0.5) is 10.3 Å². The number of H-pyrrole nitrogens is 1. The van der Waals surface area contributed by atoms with Gasteiger partial charge in [-0.15, -0.1) is 6.42 Å². The summed E-state index contributed by atoms with van der Waals surface area (Å²) in [6, 6.07) is 0. The normalized spacial score (nSPS) is 28.9. The zero-order chi connectivity index (χ0) is 25.7. The first-order chi connectivity index (χ1) is 15.5. The minimum Gasteiger partial charge on any atom is -0.387 e. The highest BCUT2D eigenvalue weighted by Crippen LogP contribution is 2.66. The van der Waals surface area contributed by atoms with E-state index in [1.165, 1.54) is 0 Å². The van der Waals surface area contributed by atoms with Crippen LogP contribution < -0.4 is 11.3 Å². The van der Waals surface area contributed by atoms with Gasteiger partial charge in [0.05, 0.1) is 6.61 Å². The quantitative estimate of drug-likeness (QED) is 0.145. The maximum absolute atomic E-state index is 15.1. The molecule has 18 nitrogen and oxygen atoms in total. The van der Waals surface area contributed by atoms with Crippen LogP contribution in [0.2, 0.25) is 0 Å². The summed E-state index contributed by atoms with van der Waals surface area (Å²) < 4.78 is 66.5. The Morgan fingerprint density at radius 2 is 1.94 bits per heavy atom. The molecule has 1 aliphatic rings. The predicted octanol–water partition coefficient (Wildman–Crippen LogP) is -1.57. The summed E-state index contributed by atoms with van der Waals surface area (Å²) in [5.74, 6) is 1.56. The standard InChI is InChI=1S/C12H15FN5O13P3/c1-2-12(18-4-15-6-9(18)16-11(14)17-10(6)20)8(13)7(19)5(29-12)3-28-33(24,25)31-34(26,27)30-32(21,22)23/h1,4-5,7-8,19H,3H2,(H,24,25)(H,26,27)(H2,21,22,23)(H3,14,16,17,20)/t5-,7-,8-,12-/m1/s1. The first-order valence-corrected chi connectivity index (χ1v) is 13.0. The van der Waals surface area contributed by atoms with Crippen molar-refractivity contribution in [1.82, 2.24) is 19.5 Å². The van der Waals surface area contributed by atoms with E-state index in [4.69, 9.17) is 31.6 Å². The summed E-state index contributed by atoms with van der Waals surface area (Å²) >= 11 is 0. The van der Waals surface area contributed by atoms with Gasteiger partial charge in [-0.1, -0.05) is 0 Å². The third-order valence-electron chi connectivity index (χ3n) is 4.19. The molecule has 0 bridgehead atoms. The monoisotopic (exact) mass is 549 g/mol. The van der Waals surface area contributed by atoms with E-state index < -0.39 is 59.7 Å². The number of aliphatic hydroxyl groups is 1. The second kappa shape index (κ2) is 8.88. The number of terminal acetylenes is 1. The number of aliphatic hydroxyl groups excluding tert-OH is 1. The molecule has 6 atom stereocenters. The van der Waals surface area contributed by atoms with Crippen LogP contribution in [0.15, 0.2) is 11.1 Å². The summed E-state index contributed by atoms with van der Waals surface area (Å²) in [5, 5.41) is 10.2. The fourth-order valence-corrected chi connectivity index (χ4v) is 5.96. The number of aromatic amines is 1. The molecular formula is C12H15FN5O13P3. The van der Waals surface area contributed by atoms with Gasteiger partial charge in [0, 0.05) is 0 Å². The van der Waals surface area contributed by atoms with Crippen LogP contribution in [0.5, 0.6) is 0 Å². The van der Waals surface area contributed by atoms with E-state index in [9.17, 15) is 28.5 Å². The van der Waals surface area contributed by atoms with Gasteiger partial charge in [-0.3, -0.25) is 18.9 Å². The van der Waals surface area contributed by atoms with Gasteiger partial charge in [-0.05, 0) is 5.92 Å². The van der Waals surface area contributed by atoms with Gasteiger partial charge in [0.1, 0.15) is 18.5 Å². The van der Waals surface area contributed by atoms with Crippen molar-refractivity contribution in [3.63, 3.8) is 0 Å². The van der Waals surface area contributed by atoms with Gasteiger partial charge >= 0.3 is 23.5 Å². The Bertz CT molecular complexity index is 1350. The van der Waals surface area contributed by atoms with Crippen LogP contribution >= 0.6 is 23.5 Å². The number of aromatic nitrogens is 4. The lowest BCUT2D eigenvalue weighted by atomic mass is 10.0. The number of anilines is 1. The summed E-state index contributed by atoms with van der Waals surface area (Å²) in [6.07, 6.45) is -0.143. The molecular weight excluding hydrogens is 534 g/mol. The van der Waals surface area contributed by atoms with Crippen LogP contribution in [0.1, 0.15) is 0 Å². The van der Waals surface area contributed by atoms with Crippen molar-refractivity contribution in [2.45, 2.75) is 24.1 Å². The first kappa shape index (κ1) is 26.6. The molecule has 22 heteroatoms. The van der Waals surface area contributed by atoms with E-state index >= 15 is 4.39 Å². The zero-order valence-electron chi connectivity index (χ0n) is 16.2. The molecule has 188 valence electrons. The van der Waals surface area contributed by atoms with E-state index in [2.05, 4.69) is 28.1 Å². The molecule has 0 aliphatic carbocycles. The lowest BCUT2D eigenvalue weighted by Crippen LogP contribution is -2.41. The molecule has 1 aliphatic heterocycles. The number of nitrogens with two attached hydrogens (primary N) is 1. The lowest BCUT2D eigenvalue weighted by molar-refractivity contribution is -0.0895. The van der Waals surface area contributed by atoms with Gasteiger partial charge in [-0.25, -0.2) is 23.1 Å². The van der Waals surface area contributed by atoms with Gasteiger partial charge < -0.3 is 35.2 Å². The minimum absolute atomic E-state index is 0.314. The number of fused-ring (bicyclic) bond motifs is 1. The molecule has 0 amide bonds. The average Bonchev–Trinajstić information content (AvgIpc) is 3.18. The van der Waals surface area contributed by atoms with Gasteiger partial charge in [0.2, 0.25) is 11.7 Å². The number of halogens is 1. The number of hydrogen-bond donors (Lipinski definition) is 7. The molecule has 3 rings (SSSR count). The molecule has 2 aromatic heterocycles. The fourth-order valence-electron chi connectivity index (χ4n) is 2.93. The van der Waals surface area contributed by atoms with Crippen molar-refractivity contribution in [3.8, 4) is 12.3 Å². The van der Waals surface area contributed by atoms with E-state index in [-0.39, 0.29) is 17.1 Å². The number of nitrogen functional groups attached to an aromatic ring is 1. The third-order valence-corrected chi connectivity index (χ3v) is 8.00.